The van der Waals surface area contributed by atoms with Gasteiger partial charge in [0.25, 0.3) is 0 Å². The lowest BCUT2D eigenvalue weighted by molar-refractivity contribution is -0.250. The monoisotopic (exact) mass is 701 g/mol. The summed E-state index contributed by atoms with van der Waals surface area (Å²) in [5, 5.41) is 23.6. The molecule has 0 bridgehead atoms. The normalized spacial score (nSPS) is 51.7. The van der Waals surface area contributed by atoms with Crippen molar-refractivity contribution in [3.8, 4) is 0 Å². The standard InChI is InChI=1S/C40H63NO9/c1-22-19-25(33(36(5,6)45)48-23(2)42)49-31-30(22)37(7)14-15-40-21-39(40)13-11-28(35(3,4)26(39)9-10-27(40)38(37,8)32(31)43)50-29-20-41(16-18-46-29)24-12-17-47-34(24)44/h22,24-33,43,45H,9-21H2,1-8H3/t22-,24-,25-,26+,27+,28+,29+,30?,31+,32+,33+,37-,38-,39-,40+/m1/s1. The van der Waals surface area contributed by atoms with Crippen molar-refractivity contribution in [1.29, 1.82) is 0 Å². The van der Waals surface area contributed by atoms with Crippen LogP contribution in [0, 0.1) is 50.7 Å². The Labute approximate surface area is 298 Å². The molecule has 0 aromatic carbocycles. The van der Waals surface area contributed by atoms with Gasteiger partial charge in [-0.1, -0.05) is 34.6 Å². The molecule has 3 saturated heterocycles. The van der Waals surface area contributed by atoms with Crippen molar-refractivity contribution >= 4 is 11.9 Å². The summed E-state index contributed by atoms with van der Waals surface area (Å²) in [7, 11) is 0. The van der Waals surface area contributed by atoms with Crippen LogP contribution in [0.25, 0.3) is 0 Å². The lowest BCUT2D eigenvalue weighted by Gasteiger charge is -2.64. The molecule has 3 aliphatic heterocycles. The first kappa shape index (κ1) is 35.7. The van der Waals surface area contributed by atoms with Gasteiger partial charge in [0.15, 0.2) is 12.4 Å². The second kappa shape index (κ2) is 11.6. The van der Waals surface area contributed by atoms with Crippen LogP contribution in [-0.4, -0.2) is 102 Å². The molecule has 0 aromatic rings. The summed E-state index contributed by atoms with van der Waals surface area (Å²) in [6.45, 7) is 19.1. The number of esters is 2. The minimum atomic E-state index is -1.27. The molecular formula is C40H63NO9. The molecule has 0 amide bonds. The fourth-order valence-electron chi connectivity index (χ4n) is 14.6. The number of hydrogen-bond donors (Lipinski definition) is 2. The van der Waals surface area contributed by atoms with Crippen molar-refractivity contribution in [1.82, 2.24) is 4.90 Å². The summed E-state index contributed by atoms with van der Waals surface area (Å²) in [5.74, 6) is 0.853. The van der Waals surface area contributed by atoms with Gasteiger partial charge in [-0.05, 0) is 111 Å². The van der Waals surface area contributed by atoms with Gasteiger partial charge in [0, 0.05) is 25.3 Å². The molecule has 15 atom stereocenters. The van der Waals surface area contributed by atoms with Gasteiger partial charge in [-0.15, -0.1) is 0 Å². The smallest absolute Gasteiger partial charge is 0.323 e. The van der Waals surface area contributed by atoms with E-state index in [9.17, 15) is 19.8 Å². The van der Waals surface area contributed by atoms with Gasteiger partial charge in [0.05, 0.1) is 49.8 Å². The topological polar surface area (TPSA) is 124 Å². The highest BCUT2D eigenvalue weighted by atomic mass is 16.7. The van der Waals surface area contributed by atoms with Gasteiger partial charge in [-0.3, -0.25) is 14.5 Å². The van der Waals surface area contributed by atoms with E-state index in [2.05, 4.69) is 39.5 Å². The van der Waals surface area contributed by atoms with Crippen LogP contribution < -0.4 is 0 Å². The summed E-state index contributed by atoms with van der Waals surface area (Å²) in [6, 6.07) is -0.182. The van der Waals surface area contributed by atoms with Crippen LogP contribution in [0.15, 0.2) is 0 Å². The van der Waals surface area contributed by atoms with E-state index in [0.29, 0.717) is 38.0 Å². The molecule has 3 heterocycles. The number of ether oxygens (including phenoxy) is 5. The fourth-order valence-corrected chi connectivity index (χ4v) is 14.6. The Kier molecular flexibility index (Phi) is 8.29. The molecule has 10 nitrogen and oxygen atoms in total. The fraction of sp³-hybridized carbons (Fsp3) is 0.950. The average Bonchev–Trinajstić information content (AvgIpc) is 3.44. The summed E-state index contributed by atoms with van der Waals surface area (Å²) in [5.41, 5.74) is -1.19. The molecule has 50 heavy (non-hydrogen) atoms. The number of aliphatic hydroxyl groups is 2. The second-order valence-corrected chi connectivity index (χ2v) is 19.6. The van der Waals surface area contributed by atoms with E-state index in [-0.39, 0.29) is 69.4 Å². The SMILES string of the molecule is CC(=O)O[C@@H]([C@H]1C[C@@H](C)C2[C@H](O1)[C@H](O)[C@@]1(C)[C@@H]3CC[C@H]4C(C)(C)[C@@H](O[C@H]5CN([C@@H]6CCOC6=O)CCO5)CC[C@@]45C[C@@]35CC[C@]21C)C(C)(C)O. The van der Waals surface area contributed by atoms with Gasteiger partial charge >= 0.3 is 11.9 Å². The zero-order valence-electron chi connectivity index (χ0n) is 31.7. The predicted octanol–water partition coefficient (Wildman–Crippen LogP) is 4.86. The van der Waals surface area contributed by atoms with Crippen molar-refractivity contribution < 1.29 is 43.5 Å². The van der Waals surface area contributed by atoms with E-state index < -0.39 is 29.9 Å². The van der Waals surface area contributed by atoms with E-state index in [1.54, 1.807) is 13.8 Å². The minimum absolute atomic E-state index is 0.0255. The highest BCUT2D eigenvalue weighted by molar-refractivity contribution is 5.77. The summed E-state index contributed by atoms with van der Waals surface area (Å²) < 4.78 is 30.8. The van der Waals surface area contributed by atoms with Gasteiger partial charge in [0.2, 0.25) is 0 Å². The molecule has 0 aromatic heterocycles. The van der Waals surface area contributed by atoms with E-state index in [0.717, 1.165) is 45.1 Å². The first-order chi connectivity index (χ1) is 23.4. The van der Waals surface area contributed by atoms with Crippen molar-refractivity contribution in [2.45, 2.75) is 162 Å². The molecule has 2 N–H and O–H groups in total. The first-order valence-electron chi connectivity index (χ1n) is 19.8. The lowest BCUT2D eigenvalue weighted by atomic mass is 9.41. The number of fused-ring (bicyclic) bond motifs is 4. The van der Waals surface area contributed by atoms with Crippen molar-refractivity contribution in [2.24, 2.45) is 50.7 Å². The molecule has 8 fully saturated rings. The Morgan fingerprint density at radius 2 is 1.74 bits per heavy atom. The first-order valence-corrected chi connectivity index (χ1v) is 19.8. The summed E-state index contributed by atoms with van der Waals surface area (Å²) in [4.78, 5) is 26.6. The third-order valence-electron chi connectivity index (χ3n) is 16.8. The molecule has 1 unspecified atom stereocenters. The predicted molar refractivity (Wildman–Crippen MR) is 184 cm³/mol. The van der Waals surface area contributed by atoms with Crippen LogP contribution in [0.3, 0.4) is 0 Å². The zero-order valence-corrected chi connectivity index (χ0v) is 31.7. The Balaban J connectivity index is 1.02. The Morgan fingerprint density at radius 1 is 1.02 bits per heavy atom. The number of cyclic esters (lactones) is 1. The van der Waals surface area contributed by atoms with Gasteiger partial charge < -0.3 is 33.9 Å². The van der Waals surface area contributed by atoms with Crippen LogP contribution >= 0.6 is 0 Å². The number of morpholine rings is 1. The molecular weight excluding hydrogens is 638 g/mol. The second-order valence-electron chi connectivity index (χ2n) is 19.6. The molecule has 10 heteroatoms. The average molecular weight is 702 g/mol. The Morgan fingerprint density at radius 3 is 2.42 bits per heavy atom. The maximum Gasteiger partial charge on any atom is 0.323 e. The maximum absolute atomic E-state index is 12.6. The summed E-state index contributed by atoms with van der Waals surface area (Å²) >= 11 is 0. The molecule has 282 valence electrons. The molecule has 8 aliphatic rings. The Bertz CT molecular complexity index is 1380. The lowest BCUT2D eigenvalue weighted by Crippen LogP contribution is -2.60. The number of nitrogens with zero attached hydrogens (tertiary/aromatic N) is 1. The summed E-state index contributed by atoms with van der Waals surface area (Å²) in [6.07, 6.45) is 6.81. The zero-order chi connectivity index (χ0) is 35.8. The van der Waals surface area contributed by atoms with Crippen LogP contribution in [0.5, 0.6) is 0 Å². The quantitative estimate of drug-likeness (QED) is 0.371. The highest BCUT2D eigenvalue weighted by Crippen LogP contribution is 2.89. The highest BCUT2D eigenvalue weighted by Gasteiger charge is 2.84. The van der Waals surface area contributed by atoms with Crippen molar-refractivity contribution in [2.75, 3.05) is 26.3 Å². The van der Waals surface area contributed by atoms with Crippen LogP contribution in [-0.2, 0) is 33.3 Å². The van der Waals surface area contributed by atoms with Gasteiger partial charge in [-0.25, -0.2) is 0 Å². The van der Waals surface area contributed by atoms with E-state index in [1.807, 2.05) is 0 Å². The molecule has 8 rings (SSSR count). The minimum Gasteiger partial charge on any atom is -0.464 e. The van der Waals surface area contributed by atoms with Crippen molar-refractivity contribution in [3.63, 3.8) is 0 Å². The van der Waals surface area contributed by atoms with Crippen LogP contribution in [0.2, 0.25) is 0 Å². The molecule has 5 saturated carbocycles. The van der Waals surface area contributed by atoms with E-state index in [1.165, 1.54) is 19.8 Å². The Hall–Kier alpha value is -1.30. The largest absolute Gasteiger partial charge is 0.464 e. The van der Waals surface area contributed by atoms with E-state index >= 15 is 0 Å². The number of hydrogen-bond acceptors (Lipinski definition) is 10. The third kappa shape index (κ3) is 4.79. The molecule has 0 radical (unpaired) electrons. The third-order valence-corrected chi connectivity index (χ3v) is 16.8. The number of aliphatic hydroxyl groups excluding tert-OH is 1. The number of rotatable bonds is 6. The van der Waals surface area contributed by atoms with Gasteiger partial charge in [-0.2, -0.15) is 0 Å². The number of carbonyl (C=O) groups is 2. The maximum atomic E-state index is 12.6. The molecule has 5 aliphatic carbocycles. The number of carbonyl (C=O) groups excluding carboxylic acids is 2. The van der Waals surface area contributed by atoms with Crippen molar-refractivity contribution in [3.05, 3.63) is 0 Å². The van der Waals surface area contributed by atoms with Crippen LogP contribution in [0.4, 0.5) is 0 Å². The molecule has 2 spiro atoms. The van der Waals surface area contributed by atoms with E-state index in [4.69, 9.17) is 23.7 Å². The van der Waals surface area contributed by atoms with Crippen LogP contribution in [0.1, 0.15) is 113 Å². The van der Waals surface area contributed by atoms with Gasteiger partial charge in [0.1, 0.15) is 6.04 Å².